The van der Waals surface area contributed by atoms with E-state index in [-0.39, 0.29) is 30.1 Å². The summed E-state index contributed by atoms with van der Waals surface area (Å²) in [6, 6.07) is 19.9. The first-order valence-electron chi connectivity index (χ1n) is 7.73. The van der Waals surface area contributed by atoms with Crippen molar-refractivity contribution in [3.05, 3.63) is 71.8 Å². The Labute approximate surface area is 131 Å². The fourth-order valence-electron chi connectivity index (χ4n) is 3.04. The molecule has 0 amide bonds. The van der Waals surface area contributed by atoms with Gasteiger partial charge < -0.3 is 4.74 Å². The van der Waals surface area contributed by atoms with Crippen molar-refractivity contribution < 1.29 is 9.53 Å². The molecule has 4 atom stereocenters. The van der Waals surface area contributed by atoms with Crippen molar-refractivity contribution in [1.82, 2.24) is 5.32 Å². The lowest BCUT2D eigenvalue weighted by Gasteiger charge is -2.21. The quantitative estimate of drug-likeness (QED) is 0.875. The molecule has 0 aromatic heterocycles. The van der Waals surface area contributed by atoms with Crippen LogP contribution < -0.4 is 5.32 Å². The number of cyclic esters (lactones) is 1. The lowest BCUT2D eigenvalue weighted by atomic mass is 9.93. The van der Waals surface area contributed by atoms with Gasteiger partial charge in [0, 0.05) is 12.0 Å². The van der Waals surface area contributed by atoms with Gasteiger partial charge in [0.25, 0.3) is 0 Å². The lowest BCUT2D eigenvalue weighted by molar-refractivity contribution is -0.143. The summed E-state index contributed by atoms with van der Waals surface area (Å²) in [7, 11) is 0. The number of ether oxygens (including phenoxy) is 1. The van der Waals surface area contributed by atoms with E-state index in [2.05, 4.69) is 31.3 Å². The van der Waals surface area contributed by atoms with E-state index in [1.54, 1.807) is 0 Å². The molecule has 114 valence electrons. The van der Waals surface area contributed by atoms with Gasteiger partial charge in [-0.3, -0.25) is 10.1 Å². The number of benzene rings is 2. The summed E-state index contributed by atoms with van der Waals surface area (Å²) in [6.07, 6.45) is -0.172. The first kappa shape index (κ1) is 14.8. The SMILES string of the molecule is C[C@H]1[C@@H](N[C@H](C)c2ccccc2)C(=O)O[C@H]1c1ccccc1. The molecular formula is C19H21NO2. The highest BCUT2D eigenvalue weighted by atomic mass is 16.6. The third kappa shape index (κ3) is 2.90. The molecule has 0 unspecified atom stereocenters. The molecule has 22 heavy (non-hydrogen) atoms. The Hall–Kier alpha value is -2.13. The van der Waals surface area contributed by atoms with Crippen molar-refractivity contribution in [1.29, 1.82) is 0 Å². The number of nitrogens with one attached hydrogen (secondary N) is 1. The maximum Gasteiger partial charge on any atom is 0.324 e. The second-order valence-corrected chi connectivity index (χ2v) is 5.90. The number of rotatable bonds is 4. The van der Waals surface area contributed by atoms with Crippen LogP contribution >= 0.6 is 0 Å². The monoisotopic (exact) mass is 295 g/mol. The van der Waals surface area contributed by atoms with Gasteiger partial charge in [-0.2, -0.15) is 0 Å². The van der Waals surface area contributed by atoms with Crippen LogP contribution in [-0.4, -0.2) is 12.0 Å². The highest BCUT2D eigenvalue weighted by Gasteiger charge is 2.42. The summed E-state index contributed by atoms with van der Waals surface area (Å²) < 4.78 is 5.61. The van der Waals surface area contributed by atoms with Crippen LogP contribution in [0.15, 0.2) is 60.7 Å². The molecule has 1 saturated heterocycles. The average Bonchev–Trinajstić information content (AvgIpc) is 2.84. The fourth-order valence-corrected chi connectivity index (χ4v) is 3.04. The molecule has 0 saturated carbocycles. The van der Waals surface area contributed by atoms with E-state index in [4.69, 9.17) is 4.74 Å². The molecule has 1 N–H and O–H groups in total. The van der Waals surface area contributed by atoms with Crippen LogP contribution in [0.4, 0.5) is 0 Å². The number of esters is 1. The third-order valence-corrected chi connectivity index (χ3v) is 4.36. The van der Waals surface area contributed by atoms with Crippen LogP contribution in [0, 0.1) is 5.92 Å². The molecule has 2 aromatic rings. The zero-order valence-corrected chi connectivity index (χ0v) is 12.9. The van der Waals surface area contributed by atoms with Gasteiger partial charge in [0.1, 0.15) is 12.1 Å². The number of carbonyl (C=O) groups excluding carboxylic acids is 1. The van der Waals surface area contributed by atoms with E-state index in [0.717, 1.165) is 5.56 Å². The third-order valence-electron chi connectivity index (χ3n) is 4.36. The predicted octanol–water partition coefficient (Wildman–Crippen LogP) is 3.64. The van der Waals surface area contributed by atoms with Crippen LogP contribution in [0.1, 0.15) is 37.1 Å². The van der Waals surface area contributed by atoms with Crippen LogP contribution in [0.3, 0.4) is 0 Å². The Morgan fingerprint density at radius 3 is 2.23 bits per heavy atom. The Kier molecular flexibility index (Phi) is 4.25. The average molecular weight is 295 g/mol. The first-order valence-corrected chi connectivity index (χ1v) is 7.73. The number of hydrogen-bond acceptors (Lipinski definition) is 3. The van der Waals surface area contributed by atoms with E-state index in [1.165, 1.54) is 5.56 Å². The van der Waals surface area contributed by atoms with Crippen LogP contribution in [0.25, 0.3) is 0 Å². The summed E-state index contributed by atoms with van der Waals surface area (Å²) in [5, 5.41) is 3.42. The minimum atomic E-state index is -0.277. The van der Waals surface area contributed by atoms with Gasteiger partial charge in [-0.15, -0.1) is 0 Å². The lowest BCUT2D eigenvalue weighted by Crippen LogP contribution is -2.39. The molecule has 0 bridgehead atoms. The fraction of sp³-hybridized carbons (Fsp3) is 0.316. The maximum atomic E-state index is 12.3. The summed E-state index contributed by atoms with van der Waals surface area (Å²) in [4.78, 5) is 12.3. The minimum absolute atomic E-state index is 0.0982. The Morgan fingerprint density at radius 2 is 1.59 bits per heavy atom. The van der Waals surface area contributed by atoms with Crippen molar-refractivity contribution in [2.24, 2.45) is 5.92 Å². The summed E-state index contributed by atoms with van der Waals surface area (Å²) in [6.45, 7) is 4.14. The Bertz CT molecular complexity index is 626. The van der Waals surface area contributed by atoms with Crippen LogP contribution in [-0.2, 0) is 9.53 Å². The van der Waals surface area contributed by atoms with Crippen molar-refractivity contribution in [2.45, 2.75) is 32.0 Å². The van der Waals surface area contributed by atoms with E-state index in [1.807, 2.05) is 48.5 Å². The van der Waals surface area contributed by atoms with Gasteiger partial charge >= 0.3 is 5.97 Å². The van der Waals surface area contributed by atoms with E-state index < -0.39 is 0 Å². The highest BCUT2D eigenvalue weighted by molar-refractivity contribution is 5.79. The molecule has 1 heterocycles. The first-order chi connectivity index (χ1) is 10.7. The van der Waals surface area contributed by atoms with Gasteiger partial charge in [0.05, 0.1) is 0 Å². The molecule has 1 aliphatic heterocycles. The zero-order valence-electron chi connectivity index (χ0n) is 12.9. The number of hydrogen-bond donors (Lipinski definition) is 1. The second-order valence-electron chi connectivity index (χ2n) is 5.90. The Balaban J connectivity index is 1.73. The van der Waals surface area contributed by atoms with Crippen molar-refractivity contribution in [3.8, 4) is 0 Å². The molecule has 3 heteroatoms. The van der Waals surface area contributed by atoms with Crippen LogP contribution in [0.5, 0.6) is 0 Å². The summed E-state index contributed by atoms with van der Waals surface area (Å²) in [5.74, 6) is -0.0646. The highest BCUT2D eigenvalue weighted by Crippen LogP contribution is 2.36. The van der Waals surface area contributed by atoms with Gasteiger partial charge in [-0.1, -0.05) is 67.6 Å². The molecule has 3 nitrogen and oxygen atoms in total. The topological polar surface area (TPSA) is 38.3 Å². The smallest absolute Gasteiger partial charge is 0.324 e. The molecule has 1 fully saturated rings. The van der Waals surface area contributed by atoms with Gasteiger partial charge in [-0.05, 0) is 18.1 Å². The van der Waals surface area contributed by atoms with E-state index >= 15 is 0 Å². The summed E-state index contributed by atoms with van der Waals surface area (Å²) in [5.41, 5.74) is 2.23. The van der Waals surface area contributed by atoms with Crippen molar-refractivity contribution in [3.63, 3.8) is 0 Å². The largest absolute Gasteiger partial charge is 0.456 e. The second kappa shape index (κ2) is 6.32. The molecular weight excluding hydrogens is 274 g/mol. The van der Waals surface area contributed by atoms with E-state index in [9.17, 15) is 4.79 Å². The minimum Gasteiger partial charge on any atom is -0.456 e. The molecule has 0 radical (unpaired) electrons. The van der Waals surface area contributed by atoms with Crippen molar-refractivity contribution >= 4 is 5.97 Å². The summed E-state index contributed by atoms with van der Waals surface area (Å²) >= 11 is 0. The Morgan fingerprint density at radius 1 is 1.00 bits per heavy atom. The van der Waals surface area contributed by atoms with Gasteiger partial charge in [0.2, 0.25) is 0 Å². The normalized spacial score (nSPS) is 25.7. The van der Waals surface area contributed by atoms with Gasteiger partial charge in [-0.25, -0.2) is 0 Å². The van der Waals surface area contributed by atoms with E-state index in [0.29, 0.717) is 0 Å². The van der Waals surface area contributed by atoms with Crippen molar-refractivity contribution in [2.75, 3.05) is 0 Å². The molecule has 0 spiro atoms. The molecule has 0 aliphatic carbocycles. The predicted molar refractivity (Wildman–Crippen MR) is 86.2 cm³/mol. The molecule has 1 aliphatic rings. The van der Waals surface area contributed by atoms with Gasteiger partial charge in [0.15, 0.2) is 0 Å². The zero-order chi connectivity index (χ0) is 15.5. The maximum absolute atomic E-state index is 12.3. The number of carbonyl (C=O) groups is 1. The molecule has 3 rings (SSSR count). The standard InChI is InChI=1S/C19H21NO2/c1-13-17(20-14(2)15-9-5-3-6-10-15)19(21)22-18(13)16-11-7-4-8-12-16/h3-14,17-18,20H,1-2H3/t13-,14+,17+,18+/m0/s1. The van der Waals surface area contributed by atoms with Crippen LogP contribution in [0.2, 0.25) is 0 Å². The molecule has 2 aromatic carbocycles.